The van der Waals surface area contributed by atoms with E-state index in [4.69, 9.17) is 4.74 Å². The summed E-state index contributed by atoms with van der Waals surface area (Å²) in [5, 5.41) is 15.8. The Labute approximate surface area is 139 Å². The zero-order valence-electron chi connectivity index (χ0n) is 14.2. The molecule has 3 fully saturated rings. The van der Waals surface area contributed by atoms with Gasteiger partial charge in [-0.25, -0.2) is 4.79 Å². The lowest BCUT2D eigenvalue weighted by Gasteiger charge is -2.43. The van der Waals surface area contributed by atoms with Crippen LogP contribution in [0.4, 0.5) is 4.79 Å². The molecule has 0 radical (unpaired) electrons. The average molecular weight is 324 g/mol. The highest BCUT2D eigenvalue weighted by molar-refractivity contribution is 5.74. The molecule has 5 nitrogen and oxygen atoms in total. The van der Waals surface area contributed by atoms with Crippen LogP contribution in [0.2, 0.25) is 0 Å². The molecule has 1 heterocycles. The molecule has 1 spiro atoms. The summed E-state index contributed by atoms with van der Waals surface area (Å²) in [5.74, 6) is 0.217. The second-order valence-electron chi connectivity index (χ2n) is 7.73. The molecule has 3 unspecified atom stereocenters. The molecule has 3 N–H and O–H groups in total. The number of nitrogens with one attached hydrogen (secondary N) is 2. The van der Waals surface area contributed by atoms with Crippen LogP contribution in [0.1, 0.15) is 70.6 Å². The van der Waals surface area contributed by atoms with Gasteiger partial charge >= 0.3 is 6.03 Å². The zero-order valence-corrected chi connectivity index (χ0v) is 14.2. The van der Waals surface area contributed by atoms with E-state index >= 15 is 0 Å². The number of urea groups is 1. The molecule has 3 atom stereocenters. The van der Waals surface area contributed by atoms with Crippen molar-refractivity contribution < 1.29 is 14.6 Å². The van der Waals surface area contributed by atoms with E-state index < -0.39 is 0 Å². The van der Waals surface area contributed by atoms with Gasteiger partial charge in [-0.1, -0.05) is 32.1 Å². The summed E-state index contributed by atoms with van der Waals surface area (Å²) in [7, 11) is 0. The largest absolute Gasteiger partial charge is 0.396 e. The second kappa shape index (κ2) is 7.84. The van der Waals surface area contributed by atoms with E-state index in [9.17, 15) is 9.90 Å². The number of aliphatic hydroxyl groups is 1. The second-order valence-corrected chi connectivity index (χ2v) is 7.73. The molecule has 0 aromatic heterocycles. The summed E-state index contributed by atoms with van der Waals surface area (Å²) in [4.78, 5) is 12.4. The summed E-state index contributed by atoms with van der Waals surface area (Å²) < 4.78 is 6.10. The molecule has 1 saturated heterocycles. The van der Waals surface area contributed by atoms with Gasteiger partial charge in [0, 0.05) is 31.2 Å². The van der Waals surface area contributed by atoms with Crippen LogP contribution in [-0.2, 0) is 4.74 Å². The molecule has 2 aliphatic carbocycles. The quantitative estimate of drug-likeness (QED) is 0.747. The normalized spacial score (nSPS) is 34.0. The van der Waals surface area contributed by atoms with E-state index in [0.29, 0.717) is 0 Å². The summed E-state index contributed by atoms with van der Waals surface area (Å²) in [6, 6.07) is 0.281. The highest BCUT2D eigenvalue weighted by Gasteiger charge is 2.39. The molecule has 3 aliphatic rings. The molecule has 0 aromatic rings. The van der Waals surface area contributed by atoms with E-state index in [2.05, 4.69) is 10.6 Å². The molecular formula is C18H32N2O3. The van der Waals surface area contributed by atoms with Gasteiger partial charge in [0.25, 0.3) is 0 Å². The van der Waals surface area contributed by atoms with Gasteiger partial charge < -0.3 is 20.5 Å². The zero-order chi connectivity index (χ0) is 16.1. The Hall–Kier alpha value is -0.810. The third kappa shape index (κ3) is 4.38. The molecule has 5 heteroatoms. The molecular weight excluding hydrogens is 292 g/mol. The van der Waals surface area contributed by atoms with Gasteiger partial charge in [-0.2, -0.15) is 0 Å². The van der Waals surface area contributed by atoms with Crippen LogP contribution in [0.5, 0.6) is 0 Å². The molecule has 2 amide bonds. The minimum absolute atomic E-state index is 0.0208. The van der Waals surface area contributed by atoms with Crippen molar-refractivity contribution in [2.24, 2.45) is 5.92 Å². The molecule has 0 bridgehead atoms. The fourth-order valence-corrected chi connectivity index (χ4v) is 4.71. The Bertz CT molecular complexity index is 390. The van der Waals surface area contributed by atoms with Crippen LogP contribution < -0.4 is 10.6 Å². The topological polar surface area (TPSA) is 70.6 Å². The first kappa shape index (κ1) is 17.0. The van der Waals surface area contributed by atoms with Crippen LogP contribution in [0, 0.1) is 5.92 Å². The number of hydrogen-bond donors (Lipinski definition) is 3. The van der Waals surface area contributed by atoms with Crippen molar-refractivity contribution in [2.45, 2.75) is 88.3 Å². The molecule has 0 aromatic carbocycles. The minimum atomic E-state index is -0.0618. The Morgan fingerprint density at radius 3 is 2.61 bits per heavy atom. The highest BCUT2D eigenvalue weighted by atomic mass is 16.5. The number of carbonyl (C=O) groups is 1. The maximum absolute atomic E-state index is 12.4. The van der Waals surface area contributed by atoms with Crippen molar-refractivity contribution in [3.8, 4) is 0 Å². The summed E-state index contributed by atoms with van der Waals surface area (Å²) in [6.45, 7) is 0.930. The Morgan fingerprint density at radius 1 is 1.04 bits per heavy atom. The summed E-state index contributed by atoms with van der Waals surface area (Å²) in [6.07, 6.45) is 12.3. The Balaban J connectivity index is 1.49. The van der Waals surface area contributed by atoms with E-state index in [1.165, 1.54) is 19.3 Å². The fourth-order valence-electron chi connectivity index (χ4n) is 4.71. The predicted octanol–water partition coefficient (Wildman–Crippen LogP) is 2.72. The smallest absolute Gasteiger partial charge is 0.315 e. The minimum Gasteiger partial charge on any atom is -0.396 e. The Morgan fingerprint density at radius 2 is 1.83 bits per heavy atom. The van der Waals surface area contributed by atoms with Gasteiger partial charge in [0.05, 0.1) is 5.60 Å². The molecule has 1 aliphatic heterocycles. The number of ether oxygens (including phenoxy) is 1. The number of carbonyl (C=O) groups excluding carboxylic acids is 1. The van der Waals surface area contributed by atoms with E-state index in [1.54, 1.807) is 0 Å². The predicted molar refractivity (Wildman–Crippen MR) is 89.3 cm³/mol. The molecule has 2 saturated carbocycles. The number of aliphatic hydroxyl groups excluding tert-OH is 1. The first-order valence-electron chi connectivity index (χ1n) is 9.53. The third-order valence-corrected chi connectivity index (χ3v) is 6.05. The van der Waals surface area contributed by atoms with Gasteiger partial charge in [-0.05, 0) is 38.5 Å². The van der Waals surface area contributed by atoms with Crippen LogP contribution in [0.25, 0.3) is 0 Å². The monoisotopic (exact) mass is 324 g/mol. The van der Waals surface area contributed by atoms with Crippen molar-refractivity contribution in [2.75, 3.05) is 13.2 Å². The highest BCUT2D eigenvalue weighted by Crippen LogP contribution is 2.38. The van der Waals surface area contributed by atoms with Crippen molar-refractivity contribution >= 4 is 6.03 Å². The molecule has 23 heavy (non-hydrogen) atoms. The number of amides is 2. The lowest BCUT2D eigenvalue weighted by atomic mass is 9.78. The first-order chi connectivity index (χ1) is 11.2. The first-order valence-corrected chi connectivity index (χ1v) is 9.53. The third-order valence-electron chi connectivity index (χ3n) is 6.05. The van der Waals surface area contributed by atoms with Crippen molar-refractivity contribution in [1.82, 2.24) is 10.6 Å². The van der Waals surface area contributed by atoms with Crippen LogP contribution in [0.15, 0.2) is 0 Å². The van der Waals surface area contributed by atoms with Gasteiger partial charge in [0.1, 0.15) is 0 Å². The van der Waals surface area contributed by atoms with Gasteiger partial charge in [0.15, 0.2) is 0 Å². The lowest BCUT2D eigenvalue weighted by Crippen LogP contribution is -2.54. The van der Waals surface area contributed by atoms with E-state index in [1.807, 2.05) is 0 Å². The van der Waals surface area contributed by atoms with Crippen LogP contribution in [-0.4, -0.2) is 42.0 Å². The van der Waals surface area contributed by atoms with Gasteiger partial charge in [-0.3, -0.25) is 0 Å². The number of rotatable bonds is 3. The standard InChI is InChI=1S/C18H32N2O3/c21-13-14-6-2-3-7-16(14)20-17(22)19-15-8-11-23-18(12-15)9-4-1-5-10-18/h14-16,21H,1-13H2,(H2,19,20,22). The fraction of sp³-hybridized carbons (Fsp3) is 0.944. The van der Waals surface area contributed by atoms with E-state index in [-0.39, 0.29) is 36.2 Å². The Kier molecular flexibility index (Phi) is 5.81. The number of hydrogen-bond acceptors (Lipinski definition) is 3. The maximum Gasteiger partial charge on any atom is 0.315 e. The van der Waals surface area contributed by atoms with Crippen molar-refractivity contribution in [3.05, 3.63) is 0 Å². The summed E-state index contributed by atoms with van der Waals surface area (Å²) in [5.41, 5.74) is 0.0208. The van der Waals surface area contributed by atoms with Gasteiger partial charge in [0.2, 0.25) is 0 Å². The molecule has 3 rings (SSSR count). The average Bonchev–Trinajstić information content (AvgIpc) is 2.56. The van der Waals surface area contributed by atoms with Gasteiger partial charge in [-0.15, -0.1) is 0 Å². The maximum atomic E-state index is 12.4. The van der Waals surface area contributed by atoms with Crippen molar-refractivity contribution in [1.29, 1.82) is 0 Å². The summed E-state index contributed by atoms with van der Waals surface area (Å²) >= 11 is 0. The lowest BCUT2D eigenvalue weighted by molar-refractivity contribution is -0.107. The van der Waals surface area contributed by atoms with Crippen LogP contribution >= 0.6 is 0 Å². The van der Waals surface area contributed by atoms with Crippen LogP contribution in [0.3, 0.4) is 0 Å². The van der Waals surface area contributed by atoms with E-state index in [0.717, 1.165) is 58.0 Å². The van der Waals surface area contributed by atoms with Crippen molar-refractivity contribution in [3.63, 3.8) is 0 Å². The molecule has 132 valence electrons. The SMILES string of the molecule is O=C(NC1CCOC2(CCCCC2)C1)NC1CCCCC1CO.